The topological polar surface area (TPSA) is 89.6 Å². The predicted molar refractivity (Wildman–Crippen MR) is 102 cm³/mol. The molecular formula is C17H21N5OS. The van der Waals surface area contributed by atoms with Gasteiger partial charge in [0.25, 0.3) is 5.56 Å². The lowest BCUT2D eigenvalue weighted by molar-refractivity contribution is 0.475. The molecule has 1 heterocycles. The number of aromatic nitrogens is 1. The second kappa shape index (κ2) is 7.37. The third-order valence-electron chi connectivity index (χ3n) is 3.80. The van der Waals surface area contributed by atoms with Gasteiger partial charge in [-0.2, -0.15) is 0 Å². The third kappa shape index (κ3) is 3.37. The van der Waals surface area contributed by atoms with Gasteiger partial charge in [-0.25, -0.2) is 10.2 Å². The molecule has 0 unspecified atom stereocenters. The van der Waals surface area contributed by atoms with Gasteiger partial charge in [0.05, 0.1) is 5.70 Å². The lowest BCUT2D eigenvalue weighted by Crippen LogP contribution is -2.27. The Morgan fingerprint density at radius 1 is 1.42 bits per heavy atom. The predicted octanol–water partition coefficient (Wildman–Crippen LogP) is 2.07. The van der Waals surface area contributed by atoms with Crippen molar-refractivity contribution in [1.82, 2.24) is 9.58 Å². The first kappa shape index (κ1) is 17.8. The number of aryl methyl sites for hydroxylation is 1. The first-order chi connectivity index (χ1) is 11.4. The maximum absolute atomic E-state index is 12.3. The SMILES string of the molecule is C=C(CC)N(N)/C=C(\N)C(=NS)c1cccc2c(=O)n(C)ccc12. The lowest BCUT2D eigenvalue weighted by atomic mass is 10.0. The molecule has 0 aliphatic rings. The van der Waals surface area contributed by atoms with Gasteiger partial charge >= 0.3 is 0 Å². The molecule has 0 spiro atoms. The number of thiol groups is 1. The van der Waals surface area contributed by atoms with E-state index < -0.39 is 0 Å². The smallest absolute Gasteiger partial charge is 0.258 e. The third-order valence-corrected chi connectivity index (χ3v) is 4.00. The van der Waals surface area contributed by atoms with Crippen molar-refractivity contribution >= 4 is 29.3 Å². The summed E-state index contributed by atoms with van der Waals surface area (Å²) in [5.41, 5.74) is 8.25. The molecule has 0 amide bonds. The van der Waals surface area contributed by atoms with Crippen LogP contribution in [0.5, 0.6) is 0 Å². The van der Waals surface area contributed by atoms with Crippen LogP contribution < -0.4 is 17.1 Å². The zero-order valence-electron chi connectivity index (χ0n) is 13.7. The van der Waals surface area contributed by atoms with Gasteiger partial charge in [-0.15, -0.1) is 0 Å². The van der Waals surface area contributed by atoms with Gasteiger partial charge in [0.1, 0.15) is 5.71 Å². The summed E-state index contributed by atoms with van der Waals surface area (Å²) in [6, 6.07) is 7.25. The lowest BCUT2D eigenvalue weighted by Gasteiger charge is -2.17. The number of nitrogens with zero attached hydrogens (tertiary/aromatic N) is 3. The molecule has 2 aromatic rings. The normalized spacial score (nSPS) is 12.5. The molecule has 0 fully saturated rings. The molecule has 0 radical (unpaired) electrons. The standard InChI is InChI=1S/C17H21N5OS/c1-4-11(2)22(19)10-15(18)16(20-24)13-6-5-7-14-12(13)8-9-21(3)17(14)23/h5-10,24H,2,4,18-19H2,1,3H3/b15-10-,20-16?. The van der Waals surface area contributed by atoms with Crippen LogP contribution >= 0.6 is 12.8 Å². The summed E-state index contributed by atoms with van der Waals surface area (Å²) >= 11 is 4.04. The van der Waals surface area contributed by atoms with Crippen LogP contribution in [-0.2, 0) is 7.05 Å². The molecule has 0 saturated heterocycles. The highest BCUT2D eigenvalue weighted by Crippen LogP contribution is 2.19. The molecular weight excluding hydrogens is 322 g/mol. The van der Waals surface area contributed by atoms with Crippen molar-refractivity contribution in [3.8, 4) is 0 Å². The second-order valence-electron chi connectivity index (χ2n) is 5.36. The number of hydrazine groups is 1. The largest absolute Gasteiger partial charge is 0.396 e. The van der Waals surface area contributed by atoms with E-state index >= 15 is 0 Å². The van der Waals surface area contributed by atoms with Crippen LogP contribution in [0.15, 0.2) is 63.8 Å². The molecule has 7 heteroatoms. The molecule has 24 heavy (non-hydrogen) atoms. The van der Waals surface area contributed by atoms with Gasteiger partial charge in [-0.1, -0.05) is 25.6 Å². The number of hydrogen-bond donors (Lipinski definition) is 3. The molecule has 0 saturated carbocycles. The Bertz CT molecular complexity index is 897. The number of nitrogens with two attached hydrogens (primary N) is 2. The van der Waals surface area contributed by atoms with Crippen LogP contribution in [0.3, 0.4) is 0 Å². The Morgan fingerprint density at radius 3 is 2.75 bits per heavy atom. The molecule has 0 aliphatic heterocycles. The fourth-order valence-corrected chi connectivity index (χ4v) is 2.56. The molecule has 1 aromatic carbocycles. The highest BCUT2D eigenvalue weighted by molar-refractivity contribution is 7.79. The molecule has 4 N–H and O–H groups in total. The van der Waals surface area contributed by atoms with Crippen LogP contribution in [0, 0.1) is 0 Å². The van der Waals surface area contributed by atoms with Crippen molar-refractivity contribution in [3.63, 3.8) is 0 Å². The minimum Gasteiger partial charge on any atom is -0.396 e. The fraction of sp³-hybridized carbons (Fsp3) is 0.176. The zero-order valence-corrected chi connectivity index (χ0v) is 14.6. The Labute approximate surface area is 146 Å². The van der Waals surface area contributed by atoms with Crippen molar-refractivity contribution in [3.05, 3.63) is 70.6 Å². The van der Waals surface area contributed by atoms with Crippen molar-refractivity contribution in [1.29, 1.82) is 0 Å². The molecule has 126 valence electrons. The van der Waals surface area contributed by atoms with Crippen LogP contribution in [0.2, 0.25) is 0 Å². The second-order valence-corrected chi connectivity index (χ2v) is 5.56. The average Bonchev–Trinajstić information content (AvgIpc) is 2.58. The van der Waals surface area contributed by atoms with Crippen LogP contribution in [-0.4, -0.2) is 15.3 Å². The van der Waals surface area contributed by atoms with Crippen molar-refractivity contribution in [2.75, 3.05) is 0 Å². The summed E-state index contributed by atoms with van der Waals surface area (Å²) in [4.78, 5) is 12.3. The average molecular weight is 343 g/mol. The van der Waals surface area contributed by atoms with Gasteiger partial charge in [0, 0.05) is 36.1 Å². The van der Waals surface area contributed by atoms with Crippen LogP contribution in [0.4, 0.5) is 0 Å². The number of benzene rings is 1. The maximum Gasteiger partial charge on any atom is 0.258 e. The van der Waals surface area contributed by atoms with Crippen molar-refractivity contribution in [2.45, 2.75) is 13.3 Å². The Morgan fingerprint density at radius 2 is 2.12 bits per heavy atom. The number of fused-ring (bicyclic) bond motifs is 1. The van der Waals surface area contributed by atoms with Crippen molar-refractivity contribution < 1.29 is 0 Å². The number of pyridine rings is 1. The van der Waals surface area contributed by atoms with E-state index in [1.54, 1.807) is 31.6 Å². The molecule has 0 bridgehead atoms. The molecule has 1 aromatic heterocycles. The quantitative estimate of drug-likeness (QED) is 0.335. The van der Waals surface area contributed by atoms with E-state index in [9.17, 15) is 4.79 Å². The summed E-state index contributed by atoms with van der Waals surface area (Å²) < 4.78 is 5.52. The van der Waals surface area contributed by atoms with Gasteiger partial charge in [0.15, 0.2) is 0 Å². The monoisotopic (exact) mass is 343 g/mol. The van der Waals surface area contributed by atoms with Gasteiger partial charge in [-0.05, 0) is 36.8 Å². The van der Waals surface area contributed by atoms with Gasteiger partial charge in [-0.3, -0.25) is 9.80 Å². The summed E-state index contributed by atoms with van der Waals surface area (Å²) in [7, 11) is 1.71. The number of hydrogen-bond acceptors (Lipinski definition) is 6. The van der Waals surface area contributed by atoms with Gasteiger partial charge in [0.2, 0.25) is 0 Å². The molecule has 6 nitrogen and oxygen atoms in total. The van der Waals surface area contributed by atoms with E-state index in [1.807, 2.05) is 19.1 Å². The molecule has 0 atom stereocenters. The van der Waals surface area contributed by atoms with Crippen LogP contribution in [0.25, 0.3) is 10.8 Å². The van der Waals surface area contributed by atoms with Gasteiger partial charge < -0.3 is 10.3 Å². The van der Waals surface area contributed by atoms with Crippen LogP contribution in [0.1, 0.15) is 18.9 Å². The Kier molecular flexibility index (Phi) is 5.48. The Hall–Kier alpha value is -2.51. The minimum absolute atomic E-state index is 0.0878. The van der Waals surface area contributed by atoms with E-state index in [0.29, 0.717) is 34.5 Å². The first-order valence-electron chi connectivity index (χ1n) is 7.40. The van der Waals surface area contributed by atoms with E-state index in [2.05, 4.69) is 23.8 Å². The maximum atomic E-state index is 12.3. The summed E-state index contributed by atoms with van der Waals surface area (Å²) in [5.74, 6) is 5.90. The summed E-state index contributed by atoms with van der Waals surface area (Å²) in [6.07, 6.45) is 3.94. The fourth-order valence-electron chi connectivity index (χ4n) is 2.33. The Balaban J connectivity index is 2.59. The van der Waals surface area contributed by atoms with E-state index in [4.69, 9.17) is 11.6 Å². The molecule has 0 aliphatic carbocycles. The number of rotatable bonds is 5. The highest BCUT2D eigenvalue weighted by Gasteiger charge is 2.13. The molecule has 2 rings (SSSR count). The zero-order chi connectivity index (χ0) is 17.9. The van der Waals surface area contributed by atoms with Crippen molar-refractivity contribution in [2.24, 2.45) is 23.0 Å². The summed E-state index contributed by atoms with van der Waals surface area (Å²) in [5, 5.41) is 2.70. The summed E-state index contributed by atoms with van der Waals surface area (Å²) in [6.45, 7) is 5.80. The highest BCUT2D eigenvalue weighted by atomic mass is 32.1. The minimum atomic E-state index is -0.0878. The van der Waals surface area contributed by atoms with E-state index in [1.165, 1.54) is 9.58 Å². The van der Waals surface area contributed by atoms with E-state index in [0.717, 1.165) is 5.39 Å². The first-order valence-corrected chi connectivity index (χ1v) is 7.80. The number of allylic oxidation sites excluding steroid dienone is 2. The van der Waals surface area contributed by atoms with E-state index in [-0.39, 0.29) is 5.56 Å².